The van der Waals surface area contributed by atoms with Crippen LogP contribution in [0.4, 0.5) is 29.1 Å². The lowest BCUT2D eigenvalue weighted by molar-refractivity contribution is -0.267. The Morgan fingerprint density at radius 3 is 2.48 bits per heavy atom. The van der Waals surface area contributed by atoms with Gasteiger partial charge in [0.25, 0.3) is 0 Å². The number of carbonyl (C=O) groups is 1. The van der Waals surface area contributed by atoms with E-state index in [0.717, 1.165) is 0 Å². The normalized spacial score (nSPS) is 23.1. The molecule has 0 saturated carbocycles. The summed E-state index contributed by atoms with van der Waals surface area (Å²) in [4.78, 5) is 21.4. The van der Waals surface area contributed by atoms with Gasteiger partial charge in [-0.3, -0.25) is 9.89 Å². The standard InChI is InChI=1S/C17H18F4N6O2/c18-6-11-22-7-10(8-23-11)27-3-1-9(2-4-27)14-13-15(26-25-14)24-12(28)5-16(13,29)17(19,20)21/h7-9,29H,1-6H2,(H2,24,25,26,28). The van der Waals surface area contributed by atoms with Gasteiger partial charge in [-0.05, 0) is 12.8 Å². The number of aromatic amines is 1. The van der Waals surface area contributed by atoms with Crippen molar-refractivity contribution in [2.75, 3.05) is 23.3 Å². The SMILES string of the molecule is O=C1CC(O)(C(F)(F)F)c2c(C3CCN(c4cnc(CF)nc4)CC3)n[nH]c2N1. The van der Waals surface area contributed by atoms with Crippen LogP contribution in [0.15, 0.2) is 12.4 Å². The second kappa shape index (κ2) is 6.94. The van der Waals surface area contributed by atoms with Crippen molar-refractivity contribution in [3.63, 3.8) is 0 Å². The summed E-state index contributed by atoms with van der Waals surface area (Å²) in [6.45, 7) is 0.244. The van der Waals surface area contributed by atoms with Crippen molar-refractivity contribution in [1.29, 1.82) is 0 Å². The van der Waals surface area contributed by atoms with Gasteiger partial charge in [-0.1, -0.05) is 0 Å². The van der Waals surface area contributed by atoms with Gasteiger partial charge in [0.15, 0.2) is 11.4 Å². The molecule has 8 nitrogen and oxygen atoms in total. The van der Waals surface area contributed by atoms with Gasteiger partial charge >= 0.3 is 6.18 Å². The van der Waals surface area contributed by atoms with Gasteiger partial charge in [-0.15, -0.1) is 0 Å². The molecule has 0 aliphatic carbocycles. The van der Waals surface area contributed by atoms with Crippen molar-refractivity contribution in [1.82, 2.24) is 20.2 Å². The van der Waals surface area contributed by atoms with Crippen LogP contribution in [0.3, 0.4) is 0 Å². The number of halogens is 4. The van der Waals surface area contributed by atoms with E-state index in [2.05, 4.69) is 25.5 Å². The third kappa shape index (κ3) is 3.30. The molecular weight excluding hydrogens is 396 g/mol. The molecule has 1 atom stereocenters. The number of fused-ring (bicyclic) bond motifs is 1. The molecule has 2 aliphatic rings. The molecule has 1 unspecified atom stereocenters. The predicted octanol–water partition coefficient (Wildman–Crippen LogP) is 2.15. The topological polar surface area (TPSA) is 107 Å². The molecule has 0 radical (unpaired) electrons. The zero-order valence-electron chi connectivity index (χ0n) is 15.1. The van der Waals surface area contributed by atoms with Crippen LogP contribution in [0.2, 0.25) is 0 Å². The molecule has 0 spiro atoms. The Bertz CT molecular complexity index is 908. The minimum atomic E-state index is -5.02. The quantitative estimate of drug-likeness (QED) is 0.665. The fraction of sp³-hybridized carbons (Fsp3) is 0.529. The second-order valence-electron chi connectivity index (χ2n) is 7.19. The smallest absolute Gasteiger partial charge is 0.376 e. The lowest BCUT2D eigenvalue weighted by Gasteiger charge is -2.37. The summed E-state index contributed by atoms with van der Waals surface area (Å²) in [5.41, 5.74) is -2.87. The fourth-order valence-corrected chi connectivity index (χ4v) is 3.90. The minimum absolute atomic E-state index is 0.0836. The van der Waals surface area contributed by atoms with Crippen molar-refractivity contribution in [3.8, 4) is 0 Å². The second-order valence-corrected chi connectivity index (χ2v) is 7.19. The third-order valence-corrected chi connectivity index (χ3v) is 5.42. The molecule has 1 amide bonds. The molecule has 12 heteroatoms. The summed E-state index contributed by atoms with van der Waals surface area (Å²) in [6, 6.07) is 0. The Hall–Kier alpha value is -2.76. The zero-order chi connectivity index (χ0) is 20.8. The van der Waals surface area contributed by atoms with Crippen LogP contribution in [0.1, 0.15) is 42.3 Å². The van der Waals surface area contributed by atoms with Crippen molar-refractivity contribution in [3.05, 3.63) is 29.5 Å². The van der Waals surface area contributed by atoms with Crippen LogP contribution < -0.4 is 10.2 Å². The van der Waals surface area contributed by atoms with Gasteiger partial charge < -0.3 is 15.3 Å². The molecule has 0 bridgehead atoms. The summed E-state index contributed by atoms with van der Waals surface area (Å²) in [6.07, 6.45) is -2.15. The molecule has 2 aromatic heterocycles. The number of carbonyl (C=O) groups excluding carboxylic acids is 1. The van der Waals surface area contributed by atoms with Gasteiger partial charge in [-0.2, -0.15) is 18.3 Å². The number of nitrogens with zero attached hydrogens (tertiary/aromatic N) is 4. The number of aromatic nitrogens is 4. The third-order valence-electron chi connectivity index (χ3n) is 5.42. The van der Waals surface area contributed by atoms with E-state index >= 15 is 0 Å². The number of piperidine rings is 1. The first-order valence-electron chi connectivity index (χ1n) is 9.02. The lowest BCUT2D eigenvalue weighted by Crippen LogP contribution is -2.48. The lowest BCUT2D eigenvalue weighted by atomic mass is 9.81. The molecule has 156 valence electrons. The Labute approximate surface area is 162 Å². The highest BCUT2D eigenvalue weighted by molar-refractivity contribution is 5.94. The number of H-pyrrole nitrogens is 1. The van der Waals surface area contributed by atoms with Crippen LogP contribution >= 0.6 is 0 Å². The van der Waals surface area contributed by atoms with E-state index in [1.165, 1.54) is 12.4 Å². The first-order chi connectivity index (χ1) is 13.7. The number of nitrogens with one attached hydrogen (secondary N) is 2. The van der Waals surface area contributed by atoms with Gasteiger partial charge in [0.2, 0.25) is 5.91 Å². The van der Waals surface area contributed by atoms with E-state index < -0.39 is 36.3 Å². The zero-order valence-corrected chi connectivity index (χ0v) is 15.1. The average molecular weight is 414 g/mol. The fourth-order valence-electron chi connectivity index (χ4n) is 3.90. The summed E-state index contributed by atoms with van der Waals surface area (Å²) in [5, 5.41) is 19.2. The highest BCUT2D eigenvalue weighted by atomic mass is 19.4. The van der Waals surface area contributed by atoms with Gasteiger partial charge in [-0.25, -0.2) is 14.4 Å². The van der Waals surface area contributed by atoms with Crippen molar-refractivity contribution in [2.45, 2.75) is 43.6 Å². The largest absolute Gasteiger partial charge is 0.422 e. The Morgan fingerprint density at radius 2 is 1.90 bits per heavy atom. The van der Waals surface area contributed by atoms with E-state index in [9.17, 15) is 27.5 Å². The summed E-state index contributed by atoms with van der Waals surface area (Å²) < 4.78 is 53.4. The summed E-state index contributed by atoms with van der Waals surface area (Å²) in [5.74, 6) is -1.39. The molecule has 4 rings (SSSR count). The molecule has 4 heterocycles. The van der Waals surface area contributed by atoms with Crippen LogP contribution in [0, 0.1) is 0 Å². The maximum absolute atomic E-state index is 13.6. The highest BCUT2D eigenvalue weighted by Crippen LogP contribution is 2.49. The Balaban J connectivity index is 1.56. The maximum Gasteiger partial charge on any atom is 0.422 e. The molecule has 1 fully saturated rings. The Kier molecular flexibility index (Phi) is 4.68. The van der Waals surface area contributed by atoms with E-state index in [4.69, 9.17) is 0 Å². The van der Waals surface area contributed by atoms with Crippen LogP contribution in [-0.2, 0) is 17.1 Å². The highest BCUT2D eigenvalue weighted by Gasteiger charge is 2.61. The minimum Gasteiger partial charge on any atom is -0.376 e. The molecule has 2 aliphatic heterocycles. The number of amides is 1. The van der Waals surface area contributed by atoms with E-state index in [1.807, 2.05) is 4.90 Å². The Morgan fingerprint density at radius 1 is 1.24 bits per heavy atom. The predicted molar refractivity (Wildman–Crippen MR) is 92.8 cm³/mol. The first kappa shape index (κ1) is 19.6. The van der Waals surface area contributed by atoms with Crippen molar-refractivity contribution < 1.29 is 27.5 Å². The molecule has 3 N–H and O–H groups in total. The first-order valence-corrected chi connectivity index (χ1v) is 9.02. The summed E-state index contributed by atoms with van der Waals surface area (Å²) in [7, 11) is 0. The molecule has 29 heavy (non-hydrogen) atoms. The van der Waals surface area contributed by atoms with Crippen molar-refractivity contribution in [2.24, 2.45) is 0 Å². The molecule has 2 aromatic rings. The van der Waals surface area contributed by atoms with Crippen molar-refractivity contribution >= 4 is 17.4 Å². The molecule has 1 saturated heterocycles. The van der Waals surface area contributed by atoms with Crippen LogP contribution in [0.25, 0.3) is 0 Å². The number of alkyl halides is 4. The van der Waals surface area contributed by atoms with Crippen LogP contribution in [-0.4, -0.2) is 50.4 Å². The van der Waals surface area contributed by atoms with E-state index in [-0.39, 0.29) is 23.3 Å². The maximum atomic E-state index is 13.6. The number of aliphatic hydroxyl groups is 1. The summed E-state index contributed by atoms with van der Waals surface area (Å²) >= 11 is 0. The van der Waals surface area contributed by atoms with E-state index in [0.29, 0.717) is 31.6 Å². The van der Waals surface area contributed by atoms with Crippen LogP contribution in [0.5, 0.6) is 0 Å². The monoisotopic (exact) mass is 414 g/mol. The molecule has 0 aromatic carbocycles. The van der Waals surface area contributed by atoms with Gasteiger partial charge in [0, 0.05) is 19.0 Å². The van der Waals surface area contributed by atoms with Gasteiger partial charge in [0.1, 0.15) is 12.5 Å². The number of hydrogen-bond donors (Lipinski definition) is 3. The average Bonchev–Trinajstić information content (AvgIpc) is 3.12. The van der Waals surface area contributed by atoms with E-state index in [1.54, 1.807) is 0 Å². The number of hydrogen-bond acceptors (Lipinski definition) is 6. The number of anilines is 2. The molecular formula is C17H18F4N6O2. The van der Waals surface area contributed by atoms with Gasteiger partial charge in [0.05, 0.1) is 35.8 Å². The number of rotatable bonds is 3.